The van der Waals surface area contributed by atoms with Crippen LogP contribution >= 0.6 is 0 Å². The minimum Gasteiger partial charge on any atom is -0.467 e. The first-order chi connectivity index (χ1) is 10.7. The predicted molar refractivity (Wildman–Crippen MR) is 85.8 cm³/mol. The van der Waals surface area contributed by atoms with Crippen molar-refractivity contribution in [2.45, 2.75) is 70.6 Å². The SMILES string of the molecule is CC(NC(=O)C1(NC(=O)OC(C)(C)C)CCCC1)c1ccco1. The van der Waals surface area contributed by atoms with Crippen LogP contribution in [-0.2, 0) is 9.53 Å². The number of hydrogen-bond donors (Lipinski definition) is 2. The van der Waals surface area contributed by atoms with E-state index in [9.17, 15) is 9.59 Å². The Morgan fingerprint density at radius 1 is 1.30 bits per heavy atom. The molecule has 1 aromatic rings. The number of carbonyl (C=O) groups is 2. The third-order valence-electron chi connectivity index (χ3n) is 3.95. The molecule has 1 saturated carbocycles. The Balaban J connectivity index is 2.04. The summed E-state index contributed by atoms with van der Waals surface area (Å²) in [4.78, 5) is 24.9. The third-order valence-corrected chi connectivity index (χ3v) is 3.95. The van der Waals surface area contributed by atoms with E-state index < -0.39 is 17.2 Å². The highest BCUT2D eigenvalue weighted by Gasteiger charge is 2.44. The van der Waals surface area contributed by atoms with E-state index in [0.717, 1.165) is 12.8 Å². The topological polar surface area (TPSA) is 80.6 Å². The maximum Gasteiger partial charge on any atom is 0.408 e. The molecular formula is C17H26N2O4. The van der Waals surface area contributed by atoms with E-state index in [-0.39, 0.29) is 11.9 Å². The van der Waals surface area contributed by atoms with E-state index in [4.69, 9.17) is 9.15 Å². The monoisotopic (exact) mass is 322 g/mol. The van der Waals surface area contributed by atoms with Crippen LogP contribution in [0.4, 0.5) is 4.79 Å². The molecule has 2 N–H and O–H groups in total. The van der Waals surface area contributed by atoms with Crippen LogP contribution in [0.5, 0.6) is 0 Å². The smallest absolute Gasteiger partial charge is 0.408 e. The first-order valence-corrected chi connectivity index (χ1v) is 8.07. The average molecular weight is 322 g/mol. The molecule has 1 aliphatic carbocycles. The van der Waals surface area contributed by atoms with Gasteiger partial charge < -0.3 is 19.8 Å². The van der Waals surface area contributed by atoms with Crippen molar-refractivity contribution in [2.24, 2.45) is 0 Å². The number of rotatable bonds is 4. The summed E-state index contributed by atoms with van der Waals surface area (Å²) in [6.45, 7) is 7.25. The van der Waals surface area contributed by atoms with Crippen LogP contribution in [0.25, 0.3) is 0 Å². The van der Waals surface area contributed by atoms with Crippen LogP contribution in [-0.4, -0.2) is 23.1 Å². The summed E-state index contributed by atoms with van der Waals surface area (Å²) < 4.78 is 10.6. The van der Waals surface area contributed by atoms with Gasteiger partial charge in [-0.15, -0.1) is 0 Å². The van der Waals surface area contributed by atoms with Crippen molar-refractivity contribution in [2.75, 3.05) is 0 Å². The molecule has 1 atom stereocenters. The zero-order valence-electron chi connectivity index (χ0n) is 14.3. The summed E-state index contributed by atoms with van der Waals surface area (Å²) in [5, 5.41) is 5.73. The van der Waals surface area contributed by atoms with Gasteiger partial charge in [0.15, 0.2) is 0 Å². The van der Waals surface area contributed by atoms with Gasteiger partial charge in [-0.2, -0.15) is 0 Å². The Bertz CT molecular complexity index is 539. The predicted octanol–water partition coefficient (Wildman–Crippen LogP) is 3.29. The van der Waals surface area contributed by atoms with E-state index in [0.29, 0.717) is 18.6 Å². The van der Waals surface area contributed by atoms with Crippen molar-refractivity contribution in [3.8, 4) is 0 Å². The van der Waals surface area contributed by atoms with Crippen LogP contribution in [0.3, 0.4) is 0 Å². The molecule has 0 radical (unpaired) electrons. The minimum absolute atomic E-state index is 0.190. The molecular weight excluding hydrogens is 296 g/mol. The second-order valence-corrected chi connectivity index (χ2v) is 7.13. The van der Waals surface area contributed by atoms with E-state index in [1.807, 2.05) is 13.0 Å². The van der Waals surface area contributed by atoms with Crippen molar-refractivity contribution < 1.29 is 18.7 Å². The Kier molecular flexibility index (Phi) is 5.02. The molecule has 1 unspecified atom stereocenters. The van der Waals surface area contributed by atoms with Gasteiger partial charge in [-0.3, -0.25) is 4.79 Å². The van der Waals surface area contributed by atoms with Crippen LogP contribution in [0.1, 0.15) is 65.2 Å². The highest BCUT2D eigenvalue weighted by molar-refractivity contribution is 5.90. The number of amides is 2. The lowest BCUT2D eigenvalue weighted by molar-refractivity contribution is -0.128. The molecule has 6 heteroatoms. The molecule has 1 heterocycles. The molecule has 0 saturated heterocycles. The fourth-order valence-electron chi connectivity index (χ4n) is 2.83. The van der Waals surface area contributed by atoms with Crippen LogP contribution in [0, 0.1) is 0 Å². The lowest BCUT2D eigenvalue weighted by Gasteiger charge is -2.31. The molecule has 1 aliphatic rings. The van der Waals surface area contributed by atoms with Gasteiger partial charge in [0.25, 0.3) is 0 Å². The van der Waals surface area contributed by atoms with Gasteiger partial charge >= 0.3 is 6.09 Å². The number of ether oxygens (including phenoxy) is 1. The van der Waals surface area contributed by atoms with Crippen molar-refractivity contribution in [3.05, 3.63) is 24.2 Å². The average Bonchev–Trinajstić information content (AvgIpc) is 3.07. The summed E-state index contributed by atoms with van der Waals surface area (Å²) in [5.41, 5.74) is -1.50. The lowest BCUT2D eigenvalue weighted by atomic mass is 9.96. The Hall–Kier alpha value is -1.98. The van der Waals surface area contributed by atoms with Crippen LogP contribution < -0.4 is 10.6 Å². The maximum atomic E-state index is 12.8. The van der Waals surface area contributed by atoms with Gasteiger partial charge in [0.1, 0.15) is 16.9 Å². The molecule has 0 aromatic carbocycles. The van der Waals surface area contributed by atoms with E-state index in [1.165, 1.54) is 0 Å². The number of carbonyl (C=O) groups excluding carboxylic acids is 2. The fraction of sp³-hybridized carbons (Fsp3) is 0.647. The first kappa shape index (κ1) is 17.4. The molecule has 23 heavy (non-hydrogen) atoms. The molecule has 0 bridgehead atoms. The van der Waals surface area contributed by atoms with Crippen LogP contribution in [0.2, 0.25) is 0 Å². The van der Waals surface area contributed by atoms with Gasteiger partial charge in [0, 0.05) is 0 Å². The first-order valence-electron chi connectivity index (χ1n) is 8.07. The fourth-order valence-corrected chi connectivity index (χ4v) is 2.83. The molecule has 2 amide bonds. The third kappa shape index (κ3) is 4.50. The zero-order chi connectivity index (χ0) is 17.1. The number of nitrogens with one attached hydrogen (secondary N) is 2. The minimum atomic E-state index is -0.900. The normalized spacial score (nSPS) is 18.3. The molecule has 128 valence electrons. The molecule has 0 spiro atoms. The largest absolute Gasteiger partial charge is 0.467 e. The van der Waals surface area contributed by atoms with Gasteiger partial charge in [0.05, 0.1) is 12.3 Å². The lowest BCUT2D eigenvalue weighted by Crippen LogP contribution is -2.58. The zero-order valence-corrected chi connectivity index (χ0v) is 14.3. The molecule has 6 nitrogen and oxygen atoms in total. The number of hydrogen-bond acceptors (Lipinski definition) is 4. The highest BCUT2D eigenvalue weighted by atomic mass is 16.6. The van der Waals surface area contributed by atoms with Crippen LogP contribution in [0.15, 0.2) is 22.8 Å². The highest BCUT2D eigenvalue weighted by Crippen LogP contribution is 2.31. The van der Waals surface area contributed by atoms with Crippen molar-refractivity contribution >= 4 is 12.0 Å². The summed E-state index contributed by atoms with van der Waals surface area (Å²) >= 11 is 0. The van der Waals surface area contributed by atoms with Gasteiger partial charge in [-0.05, 0) is 52.7 Å². The summed E-state index contributed by atoms with van der Waals surface area (Å²) in [6, 6.07) is 3.34. The summed E-state index contributed by atoms with van der Waals surface area (Å²) in [5.74, 6) is 0.494. The van der Waals surface area contributed by atoms with Crippen molar-refractivity contribution in [3.63, 3.8) is 0 Å². The number of furan rings is 1. The van der Waals surface area contributed by atoms with Crippen molar-refractivity contribution in [1.29, 1.82) is 0 Å². The van der Waals surface area contributed by atoms with E-state index in [1.54, 1.807) is 33.1 Å². The Morgan fingerprint density at radius 2 is 1.96 bits per heavy atom. The van der Waals surface area contributed by atoms with E-state index in [2.05, 4.69) is 10.6 Å². The molecule has 1 fully saturated rings. The summed E-state index contributed by atoms with van der Waals surface area (Å²) in [6.07, 6.45) is 4.05. The van der Waals surface area contributed by atoms with Crippen molar-refractivity contribution in [1.82, 2.24) is 10.6 Å². The quantitative estimate of drug-likeness (QED) is 0.891. The Morgan fingerprint density at radius 3 is 2.48 bits per heavy atom. The molecule has 0 aliphatic heterocycles. The maximum absolute atomic E-state index is 12.8. The summed E-state index contributed by atoms with van der Waals surface area (Å²) in [7, 11) is 0. The van der Waals surface area contributed by atoms with E-state index >= 15 is 0 Å². The molecule has 2 rings (SSSR count). The second kappa shape index (κ2) is 6.64. The standard InChI is InChI=1S/C17H26N2O4/c1-12(13-8-7-11-22-13)18-14(20)17(9-5-6-10-17)19-15(21)23-16(2,3)4/h7-8,11-12H,5-6,9-10H2,1-4H3,(H,18,20)(H,19,21). The number of alkyl carbamates (subject to hydrolysis) is 1. The molecule has 1 aromatic heterocycles. The second-order valence-electron chi connectivity index (χ2n) is 7.13. The Labute approximate surface area is 137 Å². The van der Waals surface area contributed by atoms with Gasteiger partial charge in [-0.1, -0.05) is 12.8 Å². The van der Waals surface area contributed by atoms with Gasteiger partial charge in [0.2, 0.25) is 5.91 Å². The van der Waals surface area contributed by atoms with Gasteiger partial charge in [-0.25, -0.2) is 4.79 Å².